The van der Waals surface area contributed by atoms with E-state index < -0.39 is 0 Å². The standard InChI is InChI=1S/C23H25N5O2S/c1-26(2)15-13-16-20(29)19(22(30)24-9-12-27-10-5-6-11-27)23-28(21(16)25-14-15)17-7-3-4-8-18(17)31-23/h3-4,7-8,13-14H,5-6,9-12H2,1-2H3,(H,24,30). The van der Waals surface area contributed by atoms with Crippen LogP contribution in [0.3, 0.4) is 0 Å². The number of thiazole rings is 1. The maximum atomic E-state index is 13.5. The second-order valence-electron chi connectivity index (χ2n) is 8.18. The molecular formula is C23H25N5O2S. The number of nitrogens with one attached hydrogen (secondary N) is 1. The van der Waals surface area contributed by atoms with Crippen molar-refractivity contribution < 1.29 is 4.79 Å². The number of carbonyl (C=O) groups is 1. The van der Waals surface area contributed by atoms with E-state index in [1.165, 1.54) is 24.2 Å². The molecule has 1 aromatic carbocycles. The number of likely N-dealkylation sites (tertiary alicyclic amines) is 1. The number of carbonyl (C=O) groups excluding carboxylic acids is 1. The van der Waals surface area contributed by atoms with Gasteiger partial charge >= 0.3 is 0 Å². The summed E-state index contributed by atoms with van der Waals surface area (Å²) in [5.41, 5.74) is 2.29. The van der Waals surface area contributed by atoms with Gasteiger partial charge in [-0.05, 0) is 44.1 Å². The van der Waals surface area contributed by atoms with E-state index in [9.17, 15) is 9.59 Å². The van der Waals surface area contributed by atoms with Crippen LogP contribution in [0.1, 0.15) is 23.2 Å². The van der Waals surface area contributed by atoms with Crippen LogP contribution in [0.4, 0.5) is 5.69 Å². The Kier molecular flexibility index (Phi) is 5.11. The molecule has 1 saturated heterocycles. The smallest absolute Gasteiger partial charge is 0.258 e. The highest BCUT2D eigenvalue weighted by atomic mass is 32.1. The van der Waals surface area contributed by atoms with Gasteiger partial charge in [-0.3, -0.25) is 14.0 Å². The summed E-state index contributed by atoms with van der Waals surface area (Å²) in [5.74, 6) is -0.314. The highest BCUT2D eigenvalue weighted by Crippen LogP contribution is 2.31. The highest BCUT2D eigenvalue weighted by Gasteiger charge is 2.23. The minimum atomic E-state index is -0.314. The summed E-state index contributed by atoms with van der Waals surface area (Å²) < 4.78 is 2.96. The lowest BCUT2D eigenvalue weighted by Crippen LogP contribution is -2.35. The molecule has 1 amide bonds. The lowest BCUT2D eigenvalue weighted by Gasteiger charge is -2.15. The Morgan fingerprint density at radius 2 is 2.00 bits per heavy atom. The van der Waals surface area contributed by atoms with Crippen molar-refractivity contribution in [3.63, 3.8) is 0 Å². The largest absolute Gasteiger partial charge is 0.376 e. The number of anilines is 1. The van der Waals surface area contributed by atoms with Gasteiger partial charge in [0.15, 0.2) is 0 Å². The van der Waals surface area contributed by atoms with Crippen molar-refractivity contribution in [2.75, 3.05) is 45.2 Å². The molecular weight excluding hydrogens is 410 g/mol. The van der Waals surface area contributed by atoms with Crippen LogP contribution in [0.25, 0.3) is 26.1 Å². The second kappa shape index (κ2) is 7.94. The Hall–Kier alpha value is -2.97. The van der Waals surface area contributed by atoms with E-state index in [0.717, 1.165) is 35.5 Å². The zero-order chi connectivity index (χ0) is 21.5. The van der Waals surface area contributed by atoms with E-state index in [4.69, 9.17) is 0 Å². The maximum Gasteiger partial charge on any atom is 0.258 e. The molecule has 0 saturated carbocycles. The van der Waals surface area contributed by atoms with E-state index >= 15 is 0 Å². The molecule has 0 radical (unpaired) electrons. The van der Waals surface area contributed by atoms with Gasteiger partial charge in [-0.2, -0.15) is 0 Å². The average Bonchev–Trinajstić information content (AvgIpc) is 3.41. The Bertz CT molecular complexity index is 1350. The van der Waals surface area contributed by atoms with Crippen LogP contribution in [0, 0.1) is 0 Å². The van der Waals surface area contributed by atoms with Crippen molar-refractivity contribution in [2.24, 2.45) is 0 Å². The van der Waals surface area contributed by atoms with Crippen molar-refractivity contribution in [2.45, 2.75) is 12.8 Å². The van der Waals surface area contributed by atoms with Crippen LogP contribution in [0.5, 0.6) is 0 Å². The zero-order valence-corrected chi connectivity index (χ0v) is 18.5. The summed E-state index contributed by atoms with van der Waals surface area (Å²) in [6.07, 6.45) is 4.18. The summed E-state index contributed by atoms with van der Waals surface area (Å²) in [5, 5.41) is 3.44. The molecule has 0 bridgehead atoms. The van der Waals surface area contributed by atoms with Crippen LogP contribution in [-0.4, -0.2) is 60.5 Å². The first kappa shape index (κ1) is 20.0. The van der Waals surface area contributed by atoms with Crippen LogP contribution < -0.4 is 15.6 Å². The molecule has 0 unspecified atom stereocenters. The van der Waals surface area contributed by atoms with E-state index in [2.05, 4.69) is 15.2 Å². The van der Waals surface area contributed by atoms with Crippen molar-refractivity contribution >= 4 is 49.0 Å². The number of benzene rings is 1. The lowest BCUT2D eigenvalue weighted by atomic mass is 10.1. The molecule has 4 heterocycles. The molecule has 31 heavy (non-hydrogen) atoms. The number of hydrogen-bond donors (Lipinski definition) is 1. The fourth-order valence-corrected chi connectivity index (χ4v) is 5.43. The van der Waals surface area contributed by atoms with E-state index in [1.54, 1.807) is 6.20 Å². The van der Waals surface area contributed by atoms with Crippen molar-refractivity contribution in [1.82, 2.24) is 19.6 Å². The molecule has 1 aliphatic heterocycles. The summed E-state index contributed by atoms with van der Waals surface area (Å²) >= 11 is 1.46. The van der Waals surface area contributed by atoms with Crippen LogP contribution in [0.15, 0.2) is 41.3 Å². The van der Waals surface area contributed by atoms with Gasteiger partial charge in [-0.1, -0.05) is 12.1 Å². The number of nitrogens with zero attached hydrogens (tertiary/aromatic N) is 4. The first-order valence-electron chi connectivity index (χ1n) is 10.6. The Morgan fingerprint density at radius 3 is 2.77 bits per heavy atom. The predicted molar refractivity (Wildman–Crippen MR) is 127 cm³/mol. The minimum absolute atomic E-state index is 0.202. The summed E-state index contributed by atoms with van der Waals surface area (Å²) in [7, 11) is 3.82. The third-order valence-electron chi connectivity index (χ3n) is 5.92. The van der Waals surface area contributed by atoms with Crippen molar-refractivity contribution in [3.05, 3.63) is 52.3 Å². The summed E-state index contributed by atoms with van der Waals surface area (Å²) in [6.45, 7) is 3.49. The predicted octanol–water partition coefficient (Wildman–Crippen LogP) is 2.95. The number of para-hydroxylation sites is 1. The van der Waals surface area contributed by atoms with Gasteiger partial charge < -0.3 is 15.1 Å². The van der Waals surface area contributed by atoms with Gasteiger partial charge in [0.25, 0.3) is 5.91 Å². The minimum Gasteiger partial charge on any atom is -0.376 e. The summed E-state index contributed by atoms with van der Waals surface area (Å²) in [4.78, 5) is 36.3. The third kappa shape index (κ3) is 3.45. The molecule has 0 spiro atoms. The maximum absolute atomic E-state index is 13.5. The van der Waals surface area contributed by atoms with Crippen molar-refractivity contribution in [3.8, 4) is 0 Å². The molecule has 7 nitrogen and oxygen atoms in total. The first-order chi connectivity index (χ1) is 15.0. The molecule has 1 N–H and O–H groups in total. The normalized spacial score (nSPS) is 14.6. The van der Waals surface area contributed by atoms with Crippen LogP contribution >= 0.6 is 11.3 Å². The quantitative estimate of drug-likeness (QED) is 0.522. The number of amides is 1. The van der Waals surface area contributed by atoms with Gasteiger partial charge in [0.2, 0.25) is 5.43 Å². The van der Waals surface area contributed by atoms with E-state index in [1.807, 2.05) is 53.7 Å². The second-order valence-corrected chi connectivity index (χ2v) is 9.21. The fraction of sp³-hybridized carbons (Fsp3) is 0.348. The molecule has 0 aliphatic carbocycles. The van der Waals surface area contributed by atoms with Gasteiger partial charge in [0, 0.05) is 27.2 Å². The average molecular weight is 436 g/mol. The topological polar surface area (TPSA) is 70.0 Å². The monoisotopic (exact) mass is 435 g/mol. The molecule has 3 aromatic heterocycles. The number of hydrogen-bond acceptors (Lipinski definition) is 6. The molecule has 0 atom stereocenters. The molecule has 1 aliphatic rings. The van der Waals surface area contributed by atoms with Gasteiger partial charge in [0.05, 0.1) is 27.5 Å². The van der Waals surface area contributed by atoms with Crippen LogP contribution in [0.2, 0.25) is 0 Å². The molecule has 160 valence electrons. The number of rotatable bonds is 5. The van der Waals surface area contributed by atoms with E-state index in [0.29, 0.717) is 22.4 Å². The fourth-order valence-electron chi connectivity index (χ4n) is 4.25. The van der Waals surface area contributed by atoms with Gasteiger partial charge in [-0.15, -0.1) is 11.3 Å². The van der Waals surface area contributed by atoms with E-state index in [-0.39, 0.29) is 16.9 Å². The third-order valence-corrected chi connectivity index (χ3v) is 7.07. The highest BCUT2D eigenvalue weighted by molar-refractivity contribution is 7.24. The number of pyridine rings is 2. The van der Waals surface area contributed by atoms with Crippen LogP contribution in [-0.2, 0) is 0 Å². The van der Waals surface area contributed by atoms with Crippen molar-refractivity contribution in [1.29, 1.82) is 0 Å². The Labute approximate surface area is 183 Å². The number of aromatic nitrogens is 2. The molecule has 5 rings (SSSR count). The lowest BCUT2D eigenvalue weighted by molar-refractivity contribution is 0.0950. The first-order valence-corrected chi connectivity index (χ1v) is 11.4. The van der Waals surface area contributed by atoms with Gasteiger partial charge in [-0.25, -0.2) is 4.98 Å². The molecule has 4 aromatic rings. The Balaban J connectivity index is 1.66. The summed E-state index contributed by atoms with van der Waals surface area (Å²) in [6, 6.07) is 9.75. The molecule has 1 fully saturated rings. The van der Waals surface area contributed by atoms with Gasteiger partial charge in [0.1, 0.15) is 16.0 Å². The molecule has 8 heteroatoms. The Morgan fingerprint density at radius 1 is 1.23 bits per heavy atom. The number of fused-ring (bicyclic) bond motifs is 5. The SMILES string of the molecule is CN(C)c1cnc2c(c1)c(=O)c(C(=O)NCCN1CCCC1)c1sc3ccccc3n12. The zero-order valence-electron chi connectivity index (χ0n) is 17.7.